The lowest BCUT2D eigenvalue weighted by atomic mass is 10.2. The second-order valence-corrected chi connectivity index (χ2v) is 5.08. The Kier molecular flexibility index (Phi) is 3.18. The summed E-state index contributed by atoms with van der Waals surface area (Å²) in [6, 6.07) is 7.65. The molecule has 2 N–H and O–H groups in total. The smallest absolute Gasteiger partial charge is 0.260 e. The SMILES string of the molecule is CN(C(=O)COc1ccc(N)c2cccnc12)C1CC1. The van der Waals surface area contributed by atoms with Crippen molar-refractivity contribution in [1.82, 2.24) is 9.88 Å². The summed E-state index contributed by atoms with van der Waals surface area (Å²) in [5, 5.41) is 0.841. The summed E-state index contributed by atoms with van der Waals surface area (Å²) >= 11 is 0. The van der Waals surface area contributed by atoms with E-state index in [2.05, 4.69) is 4.98 Å². The topological polar surface area (TPSA) is 68.5 Å². The van der Waals surface area contributed by atoms with Gasteiger partial charge in [0, 0.05) is 30.4 Å². The molecule has 104 valence electrons. The fourth-order valence-electron chi connectivity index (χ4n) is 2.19. The number of nitrogens with two attached hydrogens (primary N) is 1. The number of benzene rings is 1. The van der Waals surface area contributed by atoms with Gasteiger partial charge < -0.3 is 15.4 Å². The standard InChI is InChI=1S/C15H17N3O2/c1-18(10-4-5-10)14(19)9-20-13-7-6-12(16)11-3-2-8-17-15(11)13/h2-3,6-8,10H,4-5,9,16H2,1H3. The van der Waals surface area contributed by atoms with Crippen molar-refractivity contribution < 1.29 is 9.53 Å². The van der Waals surface area contributed by atoms with Gasteiger partial charge in [0.1, 0.15) is 11.3 Å². The Morgan fingerprint density at radius 2 is 2.25 bits per heavy atom. The second kappa shape index (κ2) is 5.00. The van der Waals surface area contributed by atoms with Crippen LogP contribution in [0, 0.1) is 0 Å². The van der Waals surface area contributed by atoms with Crippen molar-refractivity contribution in [2.75, 3.05) is 19.4 Å². The number of ether oxygens (including phenoxy) is 1. The Bertz CT molecular complexity index is 653. The molecular weight excluding hydrogens is 254 g/mol. The van der Waals surface area contributed by atoms with Crippen LogP contribution in [0.25, 0.3) is 10.9 Å². The van der Waals surface area contributed by atoms with Crippen LogP contribution in [0.2, 0.25) is 0 Å². The summed E-state index contributed by atoms with van der Waals surface area (Å²) in [5.41, 5.74) is 7.25. The third kappa shape index (κ3) is 2.39. The molecule has 1 aliphatic carbocycles. The summed E-state index contributed by atoms with van der Waals surface area (Å²) < 4.78 is 5.63. The quantitative estimate of drug-likeness (QED) is 0.861. The molecule has 0 atom stereocenters. The minimum atomic E-state index is -0.00611. The number of amides is 1. The van der Waals surface area contributed by atoms with Gasteiger partial charge in [0.2, 0.25) is 0 Å². The molecule has 0 saturated heterocycles. The lowest BCUT2D eigenvalue weighted by Crippen LogP contribution is -2.33. The fourth-order valence-corrected chi connectivity index (χ4v) is 2.19. The zero-order valence-corrected chi connectivity index (χ0v) is 11.4. The van der Waals surface area contributed by atoms with Crippen LogP contribution in [-0.2, 0) is 4.79 Å². The number of hydrogen-bond donors (Lipinski definition) is 1. The predicted octanol–water partition coefficient (Wildman–Crippen LogP) is 1.82. The summed E-state index contributed by atoms with van der Waals surface area (Å²) in [5.74, 6) is 0.584. The predicted molar refractivity (Wildman–Crippen MR) is 77.4 cm³/mol. The van der Waals surface area contributed by atoms with Gasteiger partial charge in [-0.2, -0.15) is 0 Å². The van der Waals surface area contributed by atoms with Gasteiger partial charge in [-0.15, -0.1) is 0 Å². The Morgan fingerprint density at radius 1 is 1.45 bits per heavy atom. The first-order valence-electron chi connectivity index (χ1n) is 6.68. The van der Waals surface area contributed by atoms with Gasteiger partial charge in [0.15, 0.2) is 6.61 Å². The molecule has 2 aromatic rings. The third-order valence-electron chi connectivity index (χ3n) is 3.61. The molecule has 1 heterocycles. The largest absolute Gasteiger partial charge is 0.481 e. The van der Waals surface area contributed by atoms with E-state index in [4.69, 9.17) is 10.5 Å². The van der Waals surface area contributed by atoms with Crippen molar-refractivity contribution in [2.24, 2.45) is 0 Å². The zero-order chi connectivity index (χ0) is 14.1. The highest BCUT2D eigenvalue weighted by Gasteiger charge is 2.29. The summed E-state index contributed by atoms with van der Waals surface area (Å²) in [6.45, 7) is 0.0303. The first-order valence-corrected chi connectivity index (χ1v) is 6.68. The zero-order valence-electron chi connectivity index (χ0n) is 11.4. The van der Waals surface area contributed by atoms with Gasteiger partial charge in [-0.25, -0.2) is 0 Å². The first kappa shape index (κ1) is 12.7. The highest BCUT2D eigenvalue weighted by molar-refractivity contribution is 5.94. The van der Waals surface area contributed by atoms with Crippen LogP contribution in [0.15, 0.2) is 30.5 Å². The van der Waals surface area contributed by atoms with Crippen LogP contribution >= 0.6 is 0 Å². The van der Waals surface area contributed by atoms with Gasteiger partial charge in [0.05, 0.1) is 0 Å². The number of pyridine rings is 1. The summed E-state index contributed by atoms with van der Waals surface area (Å²) in [7, 11) is 1.82. The number of rotatable bonds is 4. The fraction of sp³-hybridized carbons (Fsp3) is 0.333. The monoisotopic (exact) mass is 271 g/mol. The van der Waals surface area contributed by atoms with Gasteiger partial charge in [0.25, 0.3) is 5.91 Å². The average Bonchev–Trinajstić information content (AvgIpc) is 3.30. The molecule has 1 aliphatic rings. The van der Waals surface area contributed by atoms with E-state index in [-0.39, 0.29) is 12.5 Å². The maximum atomic E-state index is 12.0. The summed E-state index contributed by atoms with van der Waals surface area (Å²) in [6.07, 6.45) is 3.87. The number of hydrogen-bond acceptors (Lipinski definition) is 4. The molecule has 0 bridgehead atoms. The lowest BCUT2D eigenvalue weighted by Gasteiger charge is -2.17. The number of aromatic nitrogens is 1. The molecule has 3 rings (SSSR count). The summed E-state index contributed by atoms with van der Waals surface area (Å²) in [4.78, 5) is 18.0. The van der Waals surface area contributed by atoms with E-state index < -0.39 is 0 Å². The molecule has 1 amide bonds. The average molecular weight is 271 g/mol. The van der Waals surface area contributed by atoms with E-state index in [1.54, 1.807) is 23.2 Å². The van der Waals surface area contributed by atoms with Gasteiger partial charge in [-0.3, -0.25) is 9.78 Å². The second-order valence-electron chi connectivity index (χ2n) is 5.08. The molecule has 1 fully saturated rings. The molecule has 0 aliphatic heterocycles. The molecule has 0 spiro atoms. The third-order valence-corrected chi connectivity index (χ3v) is 3.61. The van der Waals surface area contributed by atoms with E-state index in [9.17, 15) is 4.79 Å². The van der Waals surface area contributed by atoms with Crippen molar-refractivity contribution >= 4 is 22.5 Å². The molecular formula is C15H17N3O2. The van der Waals surface area contributed by atoms with Gasteiger partial charge in [-0.05, 0) is 37.1 Å². The maximum Gasteiger partial charge on any atom is 0.260 e. The molecule has 1 saturated carbocycles. The Morgan fingerprint density at radius 3 is 3.00 bits per heavy atom. The van der Waals surface area contributed by atoms with Crippen LogP contribution < -0.4 is 10.5 Å². The van der Waals surface area contributed by atoms with Crippen LogP contribution in [0.5, 0.6) is 5.75 Å². The molecule has 5 heteroatoms. The van der Waals surface area contributed by atoms with Gasteiger partial charge >= 0.3 is 0 Å². The number of carbonyl (C=O) groups excluding carboxylic acids is 1. The van der Waals surface area contributed by atoms with E-state index in [0.29, 0.717) is 23.0 Å². The van der Waals surface area contributed by atoms with Crippen LogP contribution in [0.3, 0.4) is 0 Å². The van der Waals surface area contributed by atoms with Crippen molar-refractivity contribution in [2.45, 2.75) is 18.9 Å². The lowest BCUT2D eigenvalue weighted by molar-refractivity contribution is -0.132. The Labute approximate surface area is 117 Å². The maximum absolute atomic E-state index is 12.0. The van der Waals surface area contributed by atoms with E-state index in [0.717, 1.165) is 18.2 Å². The molecule has 0 unspecified atom stereocenters. The van der Waals surface area contributed by atoms with Crippen LogP contribution in [-0.4, -0.2) is 35.5 Å². The van der Waals surface area contributed by atoms with E-state index >= 15 is 0 Å². The van der Waals surface area contributed by atoms with Crippen molar-refractivity contribution in [3.8, 4) is 5.75 Å². The number of carbonyl (C=O) groups is 1. The molecule has 1 aromatic carbocycles. The molecule has 20 heavy (non-hydrogen) atoms. The number of nitrogens with zero attached hydrogens (tertiary/aromatic N) is 2. The molecule has 5 nitrogen and oxygen atoms in total. The van der Waals surface area contributed by atoms with E-state index in [1.807, 2.05) is 19.2 Å². The minimum absolute atomic E-state index is 0.00611. The minimum Gasteiger partial charge on any atom is -0.481 e. The Balaban J connectivity index is 1.77. The van der Waals surface area contributed by atoms with Crippen molar-refractivity contribution in [3.05, 3.63) is 30.5 Å². The van der Waals surface area contributed by atoms with Gasteiger partial charge in [-0.1, -0.05) is 0 Å². The number of anilines is 1. The number of fused-ring (bicyclic) bond motifs is 1. The highest BCUT2D eigenvalue weighted by atomic mass is 16.5. The molecule has 0 radical (unpaired) electrons. The van der Waals surface area contributed by atoms with Crippen molar-refractivity contribution in [1.29, 1.82) is 0 Å². The van der Waals surface area contributed by atoms with E-state index in [1.165, 1.54) is 0 Å². The van der Waals surface area contributed by atoms with Crippen molar-refractivity contribution in [3.63, 3.8) is 0 Å². The number of likely N-dealkylation sites (N-methyl/N-ethyl adjacent to an activating group) is 1. The highest BCUT2D eigenvalue weighted by Crippen LogP contribution is 2.28. The Hall–Kier alpha value is -2.30. The molecule has 1 aromatic heterocycles. The van der Waals surface area contributed by atoms with Crippen LogP contribution in [0.4, 0.5) is 5.69 Å². The normalized spacial score (nSPS) is 14.2. The van der Waals surface area contributed by atoms with Crippen LogP contribution in [0.1, 0.15) is 12.8 Å². The first-order chi connectivity index (χ1) is 9.66. The number of nitrogen functional groups attached to an aromatic ring is 1.